The third kappa shape index (κ3) is 5.83. The first-order valence-electron chi connectivity index (χ1n) is 8.96. The van der Waals surface area contributed by atoms with E-state index in [-0.39, 0.29) is 11.9 Å². The van der Waals surface area contributed by atoms with Crippen LogP contribution in [-0.2, 0) is 4.79 Å². The fourth-order valence-corrected chi connectivity index (χ4v) is 2.95. The van der Waals surface area contributed by atoms with E-state index in [2.05, 4.69) is 16.0 Å². The van der Waals surface area contributed by atoms with Crippen LogP contribution >= 0.6 is 11.6 Å². The number of amides is 5. The number of hydrogen-bond donors (Lipinski definition) is 3. The third-order valence-electron chi connectivity index (χ3n) is 4.53. The van der Waals surface area contributed by atoms with Crippen LogP contribution < -0.4 is 16.0 Å². The second-order valence-electron chi connectivity index (χ2n) is 6.44. The van der Waals surface area contributed by atoms with Crippen LogP contribution in [0.1, 0.15) is 19.4 Å². The summed E-state index contributed by atoms with van der Waals surface area (Å²) in [6, 6.07) is 4.24. The molecule has 0 radical (unpaired) electrons. The molecule has 0 aliphatic carbocycles. The Bertz CT molecular complexity index is 704. The molecule has 1 atom stereocenters. The molecule has 0 aromatic heterocycles. The zero-order chi connectivity index (χ0) is 20.0. The van der Waals surface area contributed by atoms with Crippen LogP contribution in [-0.4, -0.2) is 66.5 Å². The first kappa shape index (κ1) is 21.0. The average molecular weight is 396 g/mol. The first-order chi connectivity index (χ1) is 12.8. The van der Waals surface area contributed by atoms with Crippen molar-refractivity contribution in [3.63, 3.8) is 0 Å². The summed E-state index contributed by atoms with van der Waals surface area (Å²) >= 11 is 6.08. The quantitative estimate of drug-likeness (QED) is 0.727. The van der Waals surface area contributed by atoms with Crippen LogP contribution in [0.15, 0.2) is 18.2 Å². The van der Waals surface area contributed by atoms with Gasteiger partial charge < -0.3 is 15.5 Å². The van der Waals surface area contributed by atoms with Crippen molar-refractivity contribution in [2.75, 3.05) is 38.0 Å². The number of rotatable bonds is 4. The fraction of sp³-hybridized carbons (Fsp3) is 0.500. The topological polar surface area (TPSA) is 93.8 Å². The lowest BCUT2D eigenvalue weighted by molar-refractivity contribution is -0.125. The molecule has 3 N–H and O–H groups in total. The fourth-order valence-electron chi connectivity index (χ4n) is 2.77. The van der Waals surface area contributed by atoms with E-state index >= 15 is 0 Å². The summed E-state index contributed by atoms with van der Waals surface area (Å²) in [4.78, 5) is 39.6. The number of nitrogens with zero attached hydrogens (tertiary/aromatic N) is 2. The Morgan fingerprint density at radius 2 is 1.85 bits per heavy atom. The SMILES string of the molecule is CCNC(=O)NC(=O)C(C)N1CCN(C(=O)Nc2ccc(C)c(Cl)c2)CC1. The summed E-state index contributed by atoms with van der Waals surface area (Å²) < 4.78 is 0. The predicted molar refractivity (Wildman–Crippen MR) is 105 cm³/mol. The zero-order valence-electron chi connectivity index (χ0n) is 15.8. The maximum absolute atomic E-state index is 12.4. The van der Waals surface area contributed by atoms with E-state index in [9.17, 15) is 14.4 Å². The molecule has 1 unspecified atom stereocenters. The summed E-state index contributed by atoms with van der Waals surface area (Å²) in [7, 11) is 0. The molecule has 1 aromatic carbocycles. The van der Waals surface area contributed by atoms with Gasteiger partial charge in [0.25, 0.3) is 0 Å². The standard InChI is InChI=1S/C18H26ClN5O3/c1-4-20-17(26)22-16(25)13(3)23-7-9-24(10-8-23)18(27)21-14-6-5-12(2)15(19)11-14/h5-6,11,13H,4,7-10H2,1-3H3,(H,21,27)(H2,20,22,25,26). The van der Waals surface area contributed by atoms with Crippen LogP contribution in [0.4, 0.5) is 15.3 Å². The lowest BCUT2D eigenvalue weighted by atomic mass is 10.2. The molecule has 0 spiro atoms. The molecule has 0 saturated carbocycles. The van der Waals surface area contributed by atoms with Crippen molar-refractivity contribution >= 4 is 35.3 Å². The minimum atomic E-state index is -0.496. The van der Waals surface area contributed by atoms with Gasteiger partial charge in [0.2, 0.25) is 5.91 Å². The van der Waals surface area contributed by atoms with E-state index in [0.29, 0.717) is 43.4 Å². The van der Waals surface area contributed by atoms with E-state index in [1.165, 1.54) is 0 Å². The van der Waals surface area contributed by atoms with Crippen molar-refractivity contribution < 1.29 is 14.4 Å². The van der Waals surface area contributed by atoms with Crippen LogP contribution in [0, 0.1) is 6.92 Å². The molecule has 1 aliphatic rings. The van der Waals surface area contributed by atoms with Gasteiger partial charge in [-0.05, 0) is 38.5 Å². The van der Waals surface area contributed by atoms with E-state index in [0.717, 1.165) is 5.56 Å². The molecule has 8 nitrogen and oxygen atoms in total. The molecule has 1 aliphatic heterocycles. The van der Waals surface area contributed by atoms with Crippen molar-refractivity contribution in [2.45, 2.75) is 26.8 Å². The normalized spacial score (nSPS) is 15.8. The number of hydrogen-bond acceptors (Lipinski definition) is 4. The molecule has 9 heteroatoms. The van der Waals surface area contributed by atoms with E-state index < -0.39 is 12.1 Å². The molecule has 1 saturated heterocycles. The van der Waals surface area contributed by atoms with Crippen LogP contribution in [0.3, 0.4) is 0 Å². The Kier molecular flexibility index (Phi) is 7.44. The number of anilines is 1. The van der Waals surface area contributed by atoms with Crippen molar-refractivity contribution in [1.82, 2.24) is 20.4 Å². The second kappa shape index (κ2) is 9.57. The Hall–Kier alpha value is -2.32. The summed E-state index contributed by atoms with van der Waals surface area (Å²) in [5, 5.41) is 8.29. The maximum atomic E-state index is 12.4. The van der Waals surface area contributed by atoms with Gasteiger partial charge in [-0.2, -0.15) is 0 Å². The molecule has 1 fully saturated rings. The van der Waals surface area contributed by atoms with Crippen LogP contribution in [0.5, 0.6) is 0 Å². The van der Waals surface area contributed by atoms with Crippen molar-refractivity contribution in [3.05, 3.63) is 28.8 Å². The molecular weight excluding hydrogens is 370 g/mol. The zero-order valence-corrected chi connectivity index (χ0v) is 16.6. The number of halogens is 1. The Balaban J connectivity index is 1.83. The van der Waals surface area contributed by atoms with Crippen molar-refractivity contribution in [2.24, 2.45) is 0 Å². The highest BCUT2D eigenvalue weighted by Crippen LogP contribution is 2.20. The molecule has 148 valence electrons. The van der Waals surface area contributed by atoms with E-state index in [4.69, 9.17) is 11.6 Å². The van der Waals surface area contributed by atoms with Gasteiger partial charge in [0.15, 0.2) is 0 Å². The number of carbonyl (C=O) groups excluding carboxylic acids is 3. The highest BCUT2D eigenvalue weighted by molar-refractivity contribution is 6.31. The largest absolute Gasteiger partial charge is 0.338 e. The van der Waals surface area contributed by atoms with Gasteiger partial charge in [-0.25, -0.2) is 9.59 Å². The number of aryl methyl sites for hydroxylation is 1. The third-order valence-corrected chi connectivity index (χ3v) is 4.93. The number of benzene rings is 1. The Labute approximate surface area is 164 Å². The molecule has 27 heavy (non-hydrogen) atoms. The highest BCUT2D eigenvalue weighted by Gasteiger charge is 2.28. The van der Waals surface area contributed by atoms with Crippen LogP contribution in [0.25, 0.3) is 0 Å². The lowest BCUT2D eigenvalue weighted by Gasteiger charge is -2.37. The Morgan fingerprint density at radius 3 is 2.44 bits per heavy atom. The lowest BCUT2D eigenvalue weighted by Crippen LogP contribution is -2.56. The first-order valence-corrected chi connectivity index (χ1v) is 9.34. The molecule has 5 amide bonds. The number of piperazine rings is 1. The van der Waals surface area contributed by atoms with Crippen LogP contribution in [0.2, 0.25) is 5.02 Å². The van der Waals surface area contributed by atoms with Gasteiger partial charge in [-0.15, -0.1) is 0 Å². The molecule has 2 rings (SSSR count). The van der Waals surface area contributed by atoms with E-state index in [1.54, 1.807) is 24.8 Å². The van der Waals surface area contributed by atoms with Gasteiger partial charge in [0.05, 0.1) is 6.04 Å². The highest BCUT2D eigenvalue weighted by atomic mass is 35.5. The number of carbonyl (C=O) groups is 3. The monoisotopic (exact) mass is 395 g/mol. The smallest absolute Gasteiger partial charge is 0.321 e. The maximum Gasteiger partial charge on any atom is 0.321 e. The minimum absolute atomic E-state index is 0.200. The van der Waals surface area contributed by atoms with Crippen molar-refractivity contribution in [3.8, 4) is 0 Å². The summed E-state index contributed by atoms with van der Waals surface area (Å²) in [5.41, 5.74) is 1.59. The summed E-state index contributed by atoms with van der Waals surface area (Å²) in [6.07, 6.45) is 0. The molecule has 1 heterocycles. The van der Waals surface area contributed by atoms with Gasteiger partial charge in [0, 0.05) is 43.4 Å². The van der Waals surface area contributed by atoms with E-state index in [1.807, 2.05) is 24.0 Å². The number of urea groups is 2. The Morgan fingerprint density at radius 1 is 1.19 bits per heavy atom. The van der Waals surface area contributed by atoms with Gasteiger partial charge in [-0.1, -0.05) is 17.7 Å². The average Bonchev–Trinajstić information content (AvgIpc) is 2.64. The second-order valence-corrected chi connectivity index (χ2v) is 6.85. The summed E-state index contributed by atoms with van der Waals surface area (Å²) in [5.74, 6) is -0.354. The van der Waals surface area contributed by atoms with Crippen molar-refractivity contribution in [1.29, 1.82) is 0 Å². The molecule has 1 aromatic rings. The number of nitrogens with one attached hydrogen (secondary N) is 3. The predicted octanol–water partition coefficient (Wildman–Crippen LogP) is 2.03. The minimum Gasteiger partial charge on any atom is -0.338 e. The number of imide groups is 1. The summed E-state index contributed by atoms with van der Waals surface area (Å²) in [6.45, 7) is 7.96. The van der Waals surface area contributed by atoms with Gasteiger partial charge >= 0.3 is 12.1 Å². The van der Waals surface area contributed by atoms with Gasteiger partial charge in [0.1, 0.15) is 0 Å². The molecule has 0 bridgehead atoms. The molecular formula is C18H26ClN5O3. The van der Waals surface area contributed by atoms with Gasteiger partial charge in [-0.3, -0.25) is 15.0 Å².